The zero-order valence-corrected chi connectivity index (χ0v) is 22.1. The molecular weight excluding hydrogens is 515 g/mol. The molecule has 1 atom stereocenters. The number of carbonyl (C=O) groups excluding carboxylic acids is 1. The van der Waals surface area contributed by atoms with Crippen molar-refractivity contribution >= 4 is 17.7 Å². The van der Waals surface area contributed by atoms with E-state index in [2.05, 4.69) is 15.0 Å². The maximum atomic E-state index is 14.0. The Morgan fingerprint density at radius 3 is 2.66 bits per heavy atom. The molecule has 200 valence electrons. The summed E-state index contributed by atoms with van der Waals surface area (Å²) in [5.41, 5.74) is 1.98. The predicted octanol–water partition coefficient (Wildman–Crippen LogP) is 5.73. The Bertz CT molecular complexity index is 1390. The maximum Gasteiger partial charge on any atom is 0.435 e. The third kappa shape index (κ3) is 4.99. The van der Waals surface area contributed by atoms with Gasteiger partial charge in [0.1, 0.15) is 5.75 Å². The first-order chi connectivity index (χ1) is 18.2. The first-order valence-corrected chi connectivity index (χ1v) is 13.4. The number of hydrogen-bond donors (Lipinski definition) is 0. The number of nitrogens with zero attached hydrogens (tertiary/aromatic N) is 5. The molecule has 0 bridgehead atoms. The summed E-state index contributed by atoms with van der Waals surface area (Å²) in [6.07, 6.45) is 0.816. The van der Waals surface area contributed by atoms with Gasteiger partial charge in [0.15, 0.2) is 5.69 Å². The molecule has 0 saturated heterocycles. The van der Waals surface area contributed by atoms with Gasteiger partial charge in [0.2, 0.25) is 0 Å². The van der Waals surface area contributed by atoms with Crippen LogP contribution in [-0.2, 0) is 25.7 Å². The standard InChI is InChI=1S/C27H28F3N5O2S/c1-4-34-15-23(25(32-34)27(28,29)30)21-11-18(14-33-9-10-38-16-33)12-22-20(21)6-8-35(26(22)36)17(2)24-13-19(37-3)5-7-31-24/h5,7,9-13,15,17H,4,6,8,14,16H2,1-3H3/t17-/m0/s1. The number of halogens is 3. The molecule has 2 aliphatic heterocycles. The van der Waals surface area contributed by atoms with Crippen LogP contribution < -0.4 is 4.74 Å². The van der Waals surface area contributed by atoms with Gasteiger partial charge in [0.25, 0.3) is 5.91 Å². The summed E-state index contributed by atoms with van der Waals surface area (Å²) in [7, 11) is 1.57. The fourth-order valence-corrected chi connectivity index (χ4v) is 5.67. The SMILES string of the molecule is CCn1cc(-c2cc(CN3C=CSC3)cc3c2CCN([C@@H](C)c2cc(OC)ccn2)C3=O)c(C(F)(F)F)n1. The summed E-state index contributed by atoms with van der Waals surface area (Å²) >= 11 is 1.64. The van der Waals surface area contributed by atoms with Crippen LogP contribution >= 0.6 is 11.8 Å². The minimum Gasteiger partial charge on any atom is -0.497 e. The molecule has 3 aromatic rings. The molecule has 0 spiro atoms. The lowest BCUT2D eigenvalue weighted by Crippen LogP contribution is -2.40. The van der Waals surface area contributed by atoms with Crippen molar-refractivity contribution in [2.45, 2.75) is 45.6 Å². The van der Waals surface area contributed by atoms with E-state index in [0.717, 1.165) is 11.4 Å². The Morgan fingerprint density at radius 1 is 1.18 bits per heavy atom. The molecule has 0 unspecified atom stereocenters. The monoisotopic (exact) mass is 543 g/mol. The third-order valence-electron chi connectivity index (χ3n) is 6.93. The number of thioether (sulfide) groups is 1. The summed E-state index contributed by atoms with van der Waals surface area (Å²) in [6, 6.07) is 6.80. The summed E-state index contributed by atoms with van der Waals surface area (Å²) in [6.45, 7) is 4.78. The highest BCUT2D eigenvalue weighted by molar-refractivity contribution is 8.02. The van der Waals surface area contributed by atoms with Crippen molar-refractivity contribution in [2.24, 2.45) is 0 Å². The second-order valence-corrected chi connectivity index (χ2v) is 10.2. The van der Waals surface area contributed by atoms with Gasteiger partial charge in [-0.3, -0.25) is 14.5 Å². The van der Waals surface area contributed by atoms with Crippen molar-refractivity contribution in [3.05, 3.63) is 76.3 Å². The van der Waals surface area contributed by atoms with E-state index in [-0.39, 0.29) is 17.5 Å². The molecule has 1 aromatic carbocycles. The summed E-state index contributed by atoms with van der Waals surface area (Å²) in [4.78, 5) is 22.1. The number of aryl methyl sites for hydroxylation is 1. The van der Waals surface area contributed by atoms with E-state index in [0.29, 0.717) is 54.2 Å². The van der Waals surface area contributed by atoms with Gasteiger partial charge in [-0.05, 0) is 60.6 Å². The number of amides is 1. The van der Waals surface area contributed by atoms with E-state index < -0.39 is 11.9 Å². The number of ether oxygens (including phenoxy) is 1. The van der Waals surface area contributed by atoms with Crippen molar-refractivity contribution in [1.29, 1.82) is 0 Å². The number of methoxy groups -OCH3 is 1. The third-order valence-corrected chi connectivity index (χ3v) is 7.72. The molecular formula is C27H28F3N5O2S. The van der Waals surface area contributed by atoms with E-state index in [9.17, 15) is 18.0 Å². The van der Waals surface area contributed by atoms with Crippen LogP contribution in [0.3, 0.4) is 0 Å². The van der Waals surface area contributed by atoms with E-state index in [1.54, 1.807) is 55.1 Å². The van der Waals surface area contributed by atoms with Crippen molar-refractivity contribution in [3.8, 4) is 16.9 Å². The lowest BCUT2D eigenvalue weighted by Gasteiger charge is -2.35. The highest BCUT2D eigenvalue weighted by atomic mass is 32.2. The second-order valence-electron chi connectivity index (χ2n) is 9.29. The maximum absolute atomic E-state index is 14.0. The number of fused-ring (bicyclic) bond motifs is 1. The second kappa shape index (κ2) is 10.4. The van der Waals surface area contributed by atoms with Gasteiger partial charge >= 0.3 is 6.18 Å². The summed E-state index contributed by atoms with van der Waals surface area (Å²) < 4.78 is 48.8. The van der Waals surface area contributed by atoms with Gasteiger partial charge in [0.05, 0.1) is 24.7 Å². The molecule has 5 rings (SSSR count). The van der Waals surface area contributed by atoms with Crippen LogP contribution in [0.25, 0.3) is 11.1 Å². The van der Waals surface area contributed by atoms with Gasteiger partial charge < -0.3 is 14.5 Å². The van der Waals surface area contributed by atoms with E-state index in [4.69, 9.17) is 4.74 Å². The normalized spacial score (nSPS) is 16.2. The smallest absolute Gasteiger partial charge is 0.435 e. The molecule has 0 N–H and O–H groups in total. The number of rotatable bonds is 7. The Kier molecular flexibility index (Phi) is 7.13. The van der Waals surface area contributed by atoms with Crippen molar-refractivity contribution in [3.63, 3.8) is 0 Å². The van der Waals surface area contributed by atoms with Crippen LogP contribution in [0.1, 0.15) is 52.8 Å². The largest absolute Gasteiger partial charge is 0.497 e. The first-order valence-electron chi connectivity index (χ1n) is 12.3. The van der Waals surface area contributed by atoms with Gasteiger partial charge in [-0.25, -0.2) is 0 Å². The Labute approximate surface area is 223 Å². The van der Waals surface area contributed by atoms with Gasteiger partial charge in [-0.1, -0.05) is 0 Å². The molecule has 2 aliphatic rings. The average molecular weight is 544 g/mol. The quantitative estimate of drug-likeness (QED) is 0.379. The number of aromatic nitrogens is 3. The predicted molar refractivity (Wildman–Crippen MR) is 139 cm³/mol. The van der Waals surface area contributed by atoms with Crippen LogP contribution in [0.2, 0.25) is 0 Å². The topological polar surface area (TPSA) is 63.5 Å². The highest BCUT2D eigenvalue weighted by Crippen LogP contribution is 2.41. The van der Waals surface area contributed by atoms with Crippen LogP contribution in [0, 0.1) is 0 Å². The lowest BCUT2D eigenvalue weighted by molar-refractivity contribution is -0.141. The minimum absolute atomic E-state index is 0.00699. The Balaban J connectivity index is 1.60. The number of hydrogen-bond acceptors (Lipinski definition) is 6. The number of carbonyl (C=O) groups is 1. The van der Waals surface area contributed by atoms with Crippen molar-refractivity contribution in [2.75, 3.05) is 19.5 Å². The van der Waals surface area contributed by atoms with Crippen molar-refractivity contribution in [1.82, 2.24) is 24.6 Å². The fourth-order valence-electron chi connectivity index (χ4n) is 4.96. The number of benzene rings is 1. The molecule has 0 saturated carbocycles. The molecule has 11 heteroatoms. The Morgan fingerprint density at radius 2 is 1.97 bits per heavy atom. The zero-order chi connectivity index (χ0) is 27.0. The summed E-state index contributed by atoms with van der Waals surface area (Å²) in [5, 5.41) is 5.80. The van der Waals surface area contributed by atoms with Crippen LogP contribution in [-0.4, -0.2) is 50.0 Å². The van der Waals surface area contributed by atoms with E-state index >= 15 is 0 Å². The van der Waals surface area contributed by atoms with Crippen LogP contribution in [0.5, 0.6) is 5.75 Å². The number of pyridine rings is 1. The Hall–Kier alpha value is -3.47. The average Bonchev–Trinajstić information content (AvgIpc) is 3.58. The van der Waals surface area contributed by atoms with Crippen LogP contribution in [0.4, 0.5) is 13.2 Å². The van der Waals surface area contributed by atoms with E-state index in [1.165, 1.54) is 10.9 Å². The van der Waals surface area contributed by atoms with Gasteiger partial charge in [-0.15, -0.1) is 11.8 Å². The summed E-state index contributed by atoms with van der Waals surface area (Å²) in [5.74, 6) is 1.15. The lowest BCUT2D eigenvalue weighted by atomic mass is 9.87. The zero-order valence-electron chi connectivity index (χ0n) is 21.3. The molecule has 7 nitrogen and oxygen atoms in total. The molecule has 1 amide bonds. The van der Waals surface area contributed by atoms with Gasteiger partial charge in [0, 0.05) is 55.4 Å². The number of alkyl halides is 3. The molecule has 4 heterocycles. The molecule has 0 radical (unpaired) electrons. The molecule has 0 aliphatic carbocycles. The molecule has 2 aromatic heterocycles. The molecule has 0 fully saturated rings. The van der Waals surface area contributed by atoms with Crippen LogP contribution in [0.15, 0.2) is 48.3 Å². The first kappa shape index (κ1) is 26.1. The minimum atomic E-state index is -4.62. The fraction of sp³-hybridized carbons (Fsp3) is 0.370. The van der Waals surface area contributed by atoms with E-state index in [1.807, 2.05) is 24.6 Å². The highest BCUT2D eigenvalue weighted by Gasteiger charge is 2.39. The van der Waals surface area contributed by atoms with Crippen molar-refractivity contribution < 1.29 is 22.7 Å². The van der Waals surface area contributed by atoms with Gasteiger partial charge in [-0.2, -0.15) is 18.3 Å². The molecule has 38 heavy (non-hydrogen) atoms.